The van der Waals surface area contributed by atoms with Gasteiger partial charge >= 0.3 is 0 Å². The van der Waals surface area contributed by atoms with Crippen molar-refractivity contribution >= 4 is 0 Å². The van der Waals surface area contributed by atoms with Crippen LogP contribution in [0.15, 0.2) is 12.3 Å². The van der Waals surface area contributed by atoms with Gasteiger partial charge in [-0.25, -0.2) is 0 Å². The third-order valence-electron chi connectivity index (χ3n) is 5.26. The van der Waals surface area contributed by atoms with E-state index in [2.05, 4.69) is 42.5 Å². The lowest BCUT2D eigenvalue weighted by atomic mass is 9.75. The number of hydrogen-bond acceptors (Lipinski definition) is 2. The molecular weight excluding hydrogens is 260 g/mol. The Labute approximate surface area is 129 Å². The quantitative estimate of drug-likeness (QED) is 0.922. The fourth-order valence-electron chi connectivity index (χ4n) is 4.17. The van der Waals surface area contributed by atoms with Gasteiger partial charge < -0.3 is 14.6 Å². The summed E-state index contributed by atoms with van der Waals surface area (Å²) in [4.78, 5) is 2.60. The van der Waals surface area contributed by atoms with Gasteiger partial charge in [0, 0.05) is 30.0 Å². The van der Waals surface area contributed by atoms with Crippen molar-refractivity contribution in [1.29, 1.82) is 0 Å². The summed E-state index contributed by atoms with van der Waals surface area (Å²) in [6.45, 7) is 10.5. The summed E-state index contributed by atoms with van der Waals surface area (Å²) in [6.07, 6.45) is 7.96. The molecule has 3 rings (SSSR count). The van der Waals surface area contributed by atoms with Gasteiger partial charge in [-0.15, -0.1) is 0 Å². The number of likely N-dealkylation sites (tertiary alicyclic amines) is 1. The van der Waals surface area contributed by atoms with Gasteiger partial charge in [0.25, 0.3) is 0 Å². The van der Waals surface area contributed by atoms with Crippen LogP contribution in [0.2, 0.25) is 0 Å². The first kappa shape index (κ1) is 15.1. The molecule has 0 amide bonds. The van der Waals surface area contributed by atoms with Crippen LogP contribution in [0.5, 0.6) is 0 Å². The molecule has 2 heterocycles. The Morgan fingerprint density at radius 2 is 2.00 bits per heavy atom. The fourth-order valence-corrected chi connectivity index (χ4v) is 4.17. The molecule has 0 radical (unpaired) electrons. The molecule has 3 heteroatoms. The molecule has 118 valence electrons. The van der Waals surface area contributed by atoms with Crippen LogP contribution in [0.1, 0.15) is 69.9 Å². The second kappa shape index (κ2) is 5.77. The number of aliphatic hydroxyl groups is 1. The van der Waals surface area contributed by atoms with E-state index in [4.69, 9.17) is 0 Å². The highest BCUT2D eigenvalue weighted by Gasteiger charge is 2.34. The Balaban J connectivity index is 1.77. The van der Waals surface area contributed by atoms with Gasteiger partial charge in [0.2, 0.25) is 0 Å². The Hall–Kier alpha value is -0.800. The fraction of sp³-hybridized carbons (Fsp3) is 0.778. The van der Waals surface area contributed by atoms with Crippen molar-refractivity contribution in [2.24, 2.45) is 5.41 Å². The van der Waals surface area contributed by atoms with E-state index >= 15 is 0 Å². The first-order chi connectivity index (χ1) is 9.96. The van der Waals surface area contributed by atoms with E-state index in [-0.39, 0.29) is 11.5 Å². The van der Waals surface area contributed by atoms with Crippen LogP contribution in [-0.4, -0.2) is 34.2 Å². The average Bonchev–Trinajstić information content (AvgIpc) is 2.82. The molecule has 1 N–H and O–H groups in total. The van der Waals surface area contributed by atoms with Crippen LogP contribution in [0.3, 0.4) is 0 Å². The average molecular weight is 290 g/mol. The highest BCUT2D eigenvalue weighted by Crippen LogP contribution is 2.41. The molecule has 2 atom stereocenters. The minimum absolute atomic E-state index is 0.202. The van der Waals surface area contributed by atoms with Crippen molar-refractivity contribution in [1.82, 2.24) is 9.47 Å². The van der Waals surface area contributed by atoms with Crippen LogP contribution in [0.25, 0.3) is 0 Å². The van der Waals surface area contributed by atoms with Gasteiger partial charge in [0.15, 0.2) is 0 Å². The predicted molar refractivity (Wildman–Crippen MR) is 86.5 cm³/mol. The Morgan fingerprint density at radius 1 is 1.29 bits per heavy atom. The zero-order valence-corrected chi connectivity index (χ0v) is 13.8. The molecule has 2 aliphatic rings. The molecule has 0 bridgehead atoms. The van der Waals surface area contributed by atoms with E-state index in [0.717, 1.165) is 19.4 Å². The summed E-state index contributed by atoms with van der Waals surface area (Å²) < 4.78 is 2.42. The van der Waals surface area contributed by atoms with E-state index in [1.165, 1.54) is 43.6 Å². The number of rotatable bonds is 3. The first-order valence-electron chi connectivity index (χ1n) is 8.56. The topological polar surface area (TPSA) is 28.4 Å². The largest absolute Gasteiger partial charge is 0.388 e. The molecule has 1 aromatic rings. The molecule has 21 heavy (non-hydrogen) atoms. The van der Waals surface area contributed by atoms with Crippen LogP contribution in [-0.2, 0) is 6.42 Å². The van der Waals surface area contributed by atoms with Crippen molar-refractivity contribution in [3.8, 4) is 0 Å². The van der Waals surface area contributed by atoms with E-state index < -0.39 is 0 Å². The monoisotopic (exact) mass is 290 g/mol. The van der Waals surface area contributed by atoms with E-state index in [1.54, 1.807) is 0 Å². The number of aliphatic hydroxyl groups excluding tert-OH is 1. The van der Waals surface area contributed by atoms with Crippen molar-refractivity contribution < 1.29 is 5.11 Å². The highest BCUT2D eigenvalue weighted by molar-refractivity contribution is 5.29. The van der Waals surface area contributed by atoms with Crippen LogP contribution >= 0.6 is 0 Å². The minimum atomic E-state index is -0.285. The molecule has 3 nitrogen and oxygen atoms in total. The van der Waals surface area contributed by atoms with Gasteiger partial charge in [-0.2, -0.15) is 0 Å². The van der Waals surface area contributed by atoms with Crippen molar-refractivity contribution in [2.45, 2.75) is 65.0 Å². The van der Waals surface area contributed by atoms with Crippen LogP contribution in [0, 0.1) is 5.41 Å². The van der Waals surface area contributed by atoms with Crippen molar-refractivity contribution in [2.75, 3.05) is 19.6 Å². The van der Waals surface area contributed by atoms with Gasteiger partial charge in [-0.1, -0.05) is 20.3 Å². The van der Waals surface area contributed by atoms with E-state index in [0.29, 0.717) is 6.04 Å². The molecule has 0 aromatic carbocycles. The Morgan fingerprint density at radius 3 is 2.71 bits per heavy atom. The van der Waals surface area contributed by atoms with Gasteiger partial charge in [0.1, 0.15) is 0 Å². The smallest absolute Gasteiger partial charge is 0.0812 e. The molecule has 0 saturated carbocycles. The summed E-state index contributed by atoms with van der Waals surface area (Å²) in [7, 11) is 0. The molecule has 0 spiro atoms. The van der Waals surface area contributed by atoms with Crippen LogP contribution < -0.4 is 0 Å². The lowest BCUT2D eigenvalue weighted by Crippen LogP contribution is -2.35. The summed E-state index contributed by atoms with van der Waals surface area (Å²) in [5.74, 6) is 0. The Bertz CT molecular complexity index is 485. The first-order valence-corrected chi connectivity index (χ1v) is 8.56. The molecule has 2 unspecified atom stereocenters. The second-order valence-electron chi connectivity index (χ2n) is 7.90. The maximum atomic E-state index is 10.4. The summed E-state index contributed by atoms with van der Waals surface area (Å²) >= 11 is 0. The van der Waals surface area contributed by atoms with Crippen LogP contribution in [0.4, 0.5) is 0 Å². The summed E-state index contributed by atoms with van der Waals surface area (Å²) in [5.41, 5.74) is 2.73. The van der Waals surface area contributed by atoms with Crippen molar-refractivity contribution in [3.05, 3.63) is 23.5 Å². The van der Waals surface area contributed by atoms with Crippen molar-refractivity contribution in [3.63, 3.8) is 0 Å². The van der Waals surface area contributed by atoms with E-state index in [1.807, 2.05) is 0 Å². The Kier molecular flexibility index (Phi) is 4.15. The third kappa shape index (κ3) is 3.19. The zero-order valence-electron chi connectivity index (χ0n) is 13.8. The maximum Gasteiger partial charge on any atom is 0.0812 e. The number of hydrogen-bond donors (Lipinski definition) is 1. The lowest BCUT2D eigenvalue weighted by Gasteiger charge is -2.36. The lowest BCUT2D eigenvalue weighted by molar-refractivity contribution is 0.0969. The number of fused-ring (bicyclic) bond motifs is 1. The summed E-state index contributed by atoms with van der Waals surface area (Å²) in [6, 6.07) is 2.63. The van der Waals surface area contributed by atoms with E-state index in [9.17, 15) is 5.11 Å². The van der Waals surface area contributed by atoms with Gasteiger partial charge in [-0.3, -0.25) is 0 Å². The SMILES string of the molecule is CC(CN1CCCCC1)n1ccc2c1CC(C)(C)CC2O. The standard InChI is InChI=1S/C18H30N2O/c1-14(13-19-8-5-4-6-9-19)20-10-7-15-16(20)11-18(2,3)12-17(15)21/h7,10,14,17,21H,4-6,8-9,11-13H2,1-3H3. The zero-order chi connectivity index (χ0) is 15.0. The normalized spacial score (nSPS) is 27.3. The van der Waals surface area contributed by atoms with Gasteiger partial charge in [0.05, 0.1) is 6.10 Å². The number of nitrogens with zero attached hydrogens (tertiary/aromatic N) is 2. The maximum absolute atomic E-state index is 10.4. The molecule has 1 fully saturated rings. The highest BCUT2D eigenvalue weighted by atomic mass is 16.3. The molecule has 1 saturated heterocycles. The number of aromatic nitrogens is 1. The third-order valence-corrected chi connectivity index (χ3v) is 5.26. The molecule has 1 aromatic heterocycles. The second-order valence-corrected chi connectivity index (χ2v) is 7.90. The van der Waals surface area contributed by atoms with Gasteiger partial charge in [-0.05, 0) is 57.2 Å². The summed E-state index contributed by atoms with van der Waals surface area (Å²) in [5, 5.41) is 10.4. The molecule has 1 aliphatic heterocycles. The molecular formula is C18H30N2O. The molecule has 1 aliphatic carbocycles. The number of piperidine rings is 1. The predicted octanol–water partition coefficient (Wildman–Crippen LogP) is 3.54. The minimum Gasteiger partial charge on any atom is -0.388 e.